The number of carboxylic acids is 1. The van der Waals surface area contributed by atoms with E-state index in [1.807, 2.05) is 0 Å². The highest BCUT2D eigenvalue weighted by Crippen LogP contribution is 2.76. The van der Waals surface area contributed by atoms with E-state index < -0.39 is 165 Å². The zero-order valence-corrected chi connectivity index (χ0v) is 45.4. The Labute approximate surface area is 449 Å². The molecule has 0 aromatic carbocycles. The van der Waals surface area contributed by atoms with Gasteiger partial charge in [-0.1, -0.05) is 60.1 Å². The van der Waals surface area contributed by atoms with Gasteiger partial charge in [-0.3, -0.25) is 0 Å². The minimum Gasteiger partial charge on any atom is -0.479 e. The monoisotopic (exact) mass is 1100 g/mol. The Bertz CT molecular complexity index is 2130. The number of carbonyl (C=O) groups is 1. The molecule has 23 heteroatoms. The summed E-state index contributed by atoms with van der Waals surface area (Å²) in [6.07, 6.45) is -28.2. The van der Waals surface area contributed by atoms with E-state index in [1.54, 1.807) is 0 Å². The summed E-state index contributed by atoms with van der Waals surface area (Å²) in [6, 6.07) is 0. The van der Waals surface area contributed by atoms with Crippen LogP contribution in [0.3, 0.4) is 0 Å². The van der Waals surface area contributed by atoms with Crippen LogP contribution in [-0.4, -0.2) is 232 Å². The van der Waals surface area contributed by atoms with E-state index >= 15 is 0 Å². The molecule has 0 unspecified atom stereocenters. The normalized spacial score (nSPS) is 54.5. The average molecular weight is 1110 g/mol. The third kappa shape index (κ3) is 9.80. The molecule has 23 nitrogen and oxygen atoms in total. The second-order valence-electron chi connectivity index (χ2n) is 26.5. The molecule has 0 amide bonds. The van der Waals surface area contributed by atoms with E-state index in [0.29, 0.717) is 19.3 Å². The first-order valence-corrected chi connectivity index (χ1v) is 27.8. The van der Waals surface area contributed by atoms with Crippen molar-refractivity contribution in [2.24, 2.45) is 50.2 Å². The first kappa shape index (κ1) is 60.0. The quantitative estimate of drug-likeness (QED) is 0.0783. The Balaban J connectivity index is 0.970. The summed E-state index contributed by atoms with van der Waals surface area (Å²) in [7, 11) is 0. The fraction of sp³-hybridized carbons (Fsp3) is 0.944. The lowest BCUT2D eigenvalue weighted by Crippen LogP contribution is -2.69. The Kier molecular flexibility index (Phi) is 16.8. The Morgan fingerprint density at radius 1 is 0.610 bits per heavy atom. The van der Waals surface area contributed by atoms with Gasteiger partial charge in [0.15, 0.2) is 31.3 Å². The van der Waals surface area contributed by atoms with Gasteiger partial charge in [-0.05, 0) is 110 Å². The average Bonchev–Trinajstić information content (AvgIpc) is 3.45. The number of hydrogen-bond acceptors (Lipinski definition) is 22. The molecule has 0 aromatic heterocycles. The lowest BCUT2D eigenvalue weighted by Gasteiger charge is -2.72. The summed E-state index contributed by atoms with van der Waals surface area (Å²) in [6.45, 7) is 15.7. The maximum atomic E-state index is 13.3. The van der Waals surface area contributed by atoms with E-state index in [1.165, 1.54) is 12.5 Å². The molecule has 77 heavy (non-hydrogen) atoms. The number of fused-ring (bicyclic) bond motifs is 7. The van der Waals surface area contributed by atoms with E-state index in [4.69, 9.17) is 37.9 Å². The zero-order chi connectivity index (χ0) is 56.4. The van der Waals surface area contributed by atoms with Crippen LogP contribution < -0.4 is 0 Å². The van der Waals surface area contributed by atoms with Gasteiger partial charge < -0.3 is 109 Å². The molecule has 4 saturated carbocycles. The molecule has 9 rings (SSSR count). The van der Waals surface area contributed by atoms with Crippen LogP contribution >= 0.6 is 0 Å². The minimum atomic E-state index is -2.11. The van der Waals surface area contributed by atoms with Gasteiger partial charge >= 0.3 is 5.97 Å². The molecule has 4 saturated heterocycles. The van der Waals surface area contributed by atoms with Crippen molar-refractivity contribution in [1.29, 1.82) is 0 Å². The van der Waals surface area contributed by atoms with E-state index in [9.17, 15) is 76.3 Å². The van der Waals surface area contributed by atoms with Crippen molar-refractivity contribution in [1.82, 2.24) is 0 Å². The summed E-state index contributed by atoms with van der Waals surface area (Å²) >= 11 is 0. The highest BCUT2D eigenvalue weighted by atomic mass is 16.8. The fourth-order valence-corrected chi connectivity index (χ4v) is 16.5. The van der Waals surface area contributed by atoms with Gasteiger partial charge in [0.25, 0.3) is 0 Å². The molecule has 0 bridgehead atoms. The van der Waals surface area contributed by atoms with Crippen molar-refractivity contribution in [3.63, 3.8) is 0 Å². The standard InChI is InChI=1S/C54H88O23/c1-22-31(58)34(61)38(65)46(71-22)76-42-40(67)41(75-47-39(66)36(63)33(60)26(73-47)20-70-45-37(64)35(62)32(59)25(19-55)72-45)43(44(68)69)77-48(42)74-30-12-13-51(6)27(50(30,4)5)11-14-52(7)28(51)10-9-23-24-17-49(2,3)15-16-54(24,21-56)29(57)18-53(23,52)8/h9,22,24-43,45-48,55-67H,10-21H2,1-8H3,(H,68,69)/t22-,24+,25-,26+,27+,28-,29-,30+,31-,32-,33-,34+,35+,36-,37-,38+,39+,40+,41-,42-,43+,45-,46-,47-,48-,51+,52-,53-,54-/m1/s1. The van der Waals surface area contributed by atoms with Crippen molar-refractivity contribution in [3.05, 3.63) is 11.6 Å². The predicted octanol–water partition coefficient (Wildman–Crippen LogP) is -1.47. The van der Waals surface area contributed by atoms with Crippen LogP contribution in [0.2, 0.25) is 0 Å². The number of rotatable bonds is 12. The topological polar surface area (TPSA) is 374 Å². The summed E-state index contributed by atoms with van der Waals surface area (Å²) in [4.78, 5) is 13.3. The highest BCUT2D eigenvalue weighted by molar-refractivity contribution is 5.73. The first-order valence-electron chi connectivity index (χ1n) is 27.8. The van der Waals surface area contributed by atoms with Crippen LogP contribution in [0.1, 0.15) is 113 Å². The second-order valence-corrected chi connectivity index (χ2v) is 26.5. The van der Waals surface area contributed by atoms with Gasteiger partial charge in [-0.2, -0.15) is 0 Å². The van der Waals surface area contributed by atoms with Crippen LogP contribution in [0.15, 0.2) is 11.6 Å². The highest BCUT2D eigenvalue weighted by Gasteiger charge is 2.70. The van der Waals surface area contributed by atoms with Gasteiger partial charge in [0.2, 0.25) is 0 Å². The Morgan fingerprint density at radius 3 is 1.84 bits per heavy atom. The molecule has 4 aliphatic heterocycles. The van der Waals surface area contributed by atoms with Crippen molar-refractivity contribution in [2.75, 3.05) is 19.8 Å². The van der Waals surface area contributed by atoms with Crippen molar-refractivity contribution in [2.45, 2.75) is 248 Å². The molecular formula is C54H88O23. The third-order valence-electron chi connectivity index (χ3n) is 21.5. The van der Waals surface area contributed by atoms with Crippen molar-refractivity contribution >= 4 is 5.97 Å². The lowest BCUT2D eigenvalue weighted by atomic mass is 9.33. The van der Waals surface area contributed by atoms with E-state index in [0.717, 1.165) is 38.5 Å². The number of aliphatic hydroxyl groups excluding tert-OH is 13. The molecule has 9 aliphatic rings. The fourth-order valence-electron chi connectivity index (χ4n) is 16.5. The summed E-state index contributed by atoms with van der Waals surface area (Å²) in [5.41, 5.74) is -0.601. The Morgan fingerprint density at radius 2 is 1.21 bits per heavy atom. The molecule has 0 radical (unpaired) electrons. The second kappa shape index (κ2) is 21.5. The molecule has 29 atom stereocenters. The maximum absolute atomic E-state index is 13.3. The first-order chi connectivity index (χ1) is 35.9. The van der Waals surface area contributed by atoms with Crippen LogP contribution in [0.25, 0.3) is 0 Å². The van der Waals surface area contributed by atoms with Crippen LogP contribution in [0, 0.1) is 50.2 Å². The van der Waals surface area contributed by atoms with Crippen LogP contribution in [-0.2, 0) is 42.7 Å². The number of aliphatic hydroxyl groups is 13. The molecular weight excluding hydrogens is 1020 g/mol. The SMILES string of the molecule is C[C@H]1O[C@H](O[C@H]2[C@H](O[C@H]3CC[C@]4(C)[C@H]5CC=C6[C@@H]7CC(C)(C)CC[C@]7(CO)[C@H](O)C[C@@]6(C)[C@]5(C)CC[C@H]4C3(C)C)O[C@H](C(=O)O)[C@H](O[C@H]3O[C@@H](CO[C@@H]4O[C@H](CO)[C@@H](O)[C@H](O)[C@H]4O)[C@@H](O)[C@@H](O)[C@@H]3O)[C@@H]2O)[C@@H](O)[C@@H](O)[C@@H]1O. The van der Waals surface area contributed by atoms with Crippen molar-refractivity contribution < 1.29 is 114 Å². The molecule has 4 heterocycles. The molecule has 0 spiro atoms. The largest absolute Gasteiger partial charge is 0.479 e. The van der Waals surface area contributed by atoms with Crippen molar-refractivity contribution in [3.8, 4) is 0 Å². The van der Waals surface area contributed by atoms with Gasteiger partial charge in [-0.15, -0.1) is 0 Å². The third-order valence-corrected chi connectivity index (χ3v) is 21.5. The number of ether oxygens (including phenoxy) is 8. The van der Waals surface area contributed by atoms with E-state index in [2.05, 4.69) is 54.5 Å². The number of aliphatic carboxylic acids is 1. The van der Waals surface area contributed by atoms with Gasteiger partial charge in [0, 0.05) is 5.41 Å². The Hall–Kier alpha value is -1.63. The zero-order valence-electron chi connectivity index (χ0n) is 45.4. The minimum absolute atomic E-state index is 0.0357. The summed E-state index contributed by atoms with van der Waals surface area (Å²) < 4.78 is 47.8. The molecule has 0 aromatic rings. The smallest absolute Gasteiger partial charge is 0.335 e. The van der Waals surface area contributed by atoms with Gasteiger partial charge in [0.05, 0.1) is 38.1 Å². The van der Waals surface area contributed by atoms with Crippen LogP contribution in [0.5, 0.6) is 0 Å². The summed E-state index contributed by atoms with van der Waals surface area (Å²) in [5, 5.41) is 153. The van der Waals surface area contributed by atoms with Gasteiger partial charge in [-0.25, -0.2) is 4.79 Å². The summed E-state index contributed by atoms with van der Waals surface area (Å²) in [5.74, 6) is -1.39. The maximum Gasteiger partial charge on any atom is 0.335 e. The molecule has 14 N–H and O–H groups in total. The molecule has 442 valence electrons. The predicted molar refractivity (Wildman–Crippen MR) is 263 cm³/mol. The number of hydrogen-bond donors (Lipinski definition) is 14. The van der Waals surface area contributed by atoms with E-state index in [-0.39, 0.29) is 46.0 Å². The van der Waals surface area contributed by atoms with Gasteiger partial charge in [0.1, 0.15) is 85.5 Å². The van der Waals surface area contributed by atoms with Crippen LogP contribution in [0.4, 0.5) is 0 Å². The number of carboxylic acid groups (broad SMARTS) is 1. The number of allylic oxidation sites excluding steroid dienone is 2. The lowest BCUT2D eigenvalue weighted by molar-refractivity contribution is -0.391. The molecule has 8 fully saturated rings. The molecule has 5 aliphatic carbocycles.